The van der Waals surface area contributed by atoms with Crippen molar-refractivity contribution in [3.05, 3.63) is 32.5 Å². The lowest BCUT2D eigenvalue weighted by Crippen LogP contribution is -2.49. The molecule has 10 nitrogen and oxygen atoms in total. The SMILES string of the molecule is CC(C)=CCn1c(N2CCCC(NC(=O)OC(C)(C)C)C2)nc2[nH]c(=O)[nH]c(=O)c21. The zero-order valence-electron chi connectivity index (χ0n) is 18.2. The number of anilines is 1. The molecule has 164 valence electrons. The monoisotopic (exact) mass is 418 g/mol. The van der Waals surface area contributed by atoms with Crippen LogP contribution in [-0.2, 0) is 11.3 Å². The van der Waals surface area contributed by atoms with Crippen LogP contribution in [0.5, 0.6) is 0 Å². The Balaban J connectivity index is 1.91. The standard InChI is InChI=1S/C20H30N6O4/c1-12(2)8-10-26-14-15(22-17(28)24-16(14)27)23-18(26)25-9-6-7-13(11-25)21-19(29)30-20(3,4)5/h8,13H,6-7,9-11H2,1-5H3,(H,21,29)(H2,22,24,27,28). The van der Waals surface area contributed by atoms with E-state index in [9.17, 15) is 14.4 Å². The van der Waals surface area contributed by atoms with Crippen LogP contribution in [0.15, 0.2) is 21.2 Å². The molecule has 0 bridgehead atoms. The summed E-state index contributed by atoms with van der Waals surface area (Å²) in [5.74, 6) is 0.588. The molecule has 1 aliphatic heterocycles. The summed E-state index contributed by atoms with van der Waals surface area (Å²) in [4.78, 5) is 47.8. The summed E-state index contributed by atoms with van der Waals surface area (Å²) in [5, 5.41) is 2.92. The van der Waals surface area contributed by atoms with Gasteiger partial charge in [-0.2, -0.15) is 4.98 Å². The maximum absolute atomic E-state index is 12.5. The van der Waals surface area contributed by atoms with Crippen molar-refractivity contribution >= 4 is 23.2 Å². The molecular weight excluding hydrogens is 388 g/mol. The highest BCUT2D eigenvalue weighted by Crippen LogP contribution is 2.23. The fourth-order valence-electron chi connectivity index (χ4n) is 3.50. The number of ether oxygens (including phenoxy) is 1. The molecule has 0 aliphatic carbocycles. The van der Waals surface area contributed by atoms with E-state index in [1.807, 2.05) is 45.6 Å². The van der Waals surface area contributed by atoms with Gasteiger partial charge >= 0.3 is 11.8 Å². The van der Waals surface area contributed by atoms with Crippen LogP contribution in [0.4, 0.5) is 10.7 Å². The smallest absolute Gasteiger partial charge is 0.407 e. The number of nitrogens with zero attached hydrogens (tertiary/aromatic N) is 3. The van der Waals surface area contributed by atoms with E-state index in [2.05, 4.69) is 20.3 Å². The summed E-state index contributed by atoms with van der Waals surface area (Å²) in [6, 6.07) is -0.109. The number of piperidine rings is 1. The van der Waals surface area contributed by atoms with Gasteiger partial charge < -0.3 is 19.5 Å². The van der Waals surface area contributed by atoms with Gasteiger partial charge in [-0.05, 0) is 47.5 Å². The Morgan fingerprint density at radius 1 is 1.30 bits per heavy atom. The second kappa shape index (κ2) is 8.37. The van der Waals surface area contributed by atoms with Gasteiger partial charge in [-0.3, -0.25) is 14.8 Å². The van der Waals surface area contributed by atoms with Crippen LogP contribution < -0.4 is 21.5 Å². The Hall–Kier alpha value is -3.04. The molecule has 1 amide bonds. The molecule has 3 heterocycles. The average molecular weight is 418 g/mol. The lowest BCUT2D eigenvalue weighted by molar-refractivity contribution is 0.0500. The molecular formula is C20H30N6O4. The van der Waals surface area contributed by atoms with E-state index in [0.29, 0.717) is 24.6 Å². The van der Waals surface area contributed by atoms with Crippen molar-refractivity contribution in [1.29, 1.82) is 0 Å². The van der Waals surface area contributed by atoms with Gasteiger partial charge in [-0.1, -0.05) is 11.6 Å². The summed E-state index contributed by atoms with van der Waals surface area (Å²) in [6.45, 7) is 11.1. The second-order valence-corrected chi connectivity index (χ2v) is 8.84. The van der Waals surface area contributed by atoms with Crippen molar-refractivity contribution in [2.75, 3.05) is 18.0 Å². The summed E-state index contributed by atoms with van der Waals surface area (Å²) in [6.07, 6.45) is 3.21. The van der Waals surface area contributed by atoms with Crippen LogP contribution in [0.1, 0.15) is 47.5 Å². The molecule has 0 aromatic carbocycles. The highest BCUT2D eigenvalue weighted by atomic mass is 16.6. The van der Waals surface area contributed by atoms with Gasteiger partial charge in [0.15, 0.2) is 11.2 Å². The van der Waals surface area contributed by atoms with Gasteiger partial charge in [-0.15, -0.1) is 0 Å². The first kappa shape index (κ1) is 21.7. The van der Waals surface area contributed by atoms with E-state index in [4.69, 9.17) is 4.74 Å². The normalized spacial score (nSPS) is 17.1. The zero-order valence-corrected chi connectivity index (χ0v) is 18.2. The first-order valence-corrected chi connectivity index (χ1v) is 10.1. The maximum atomic E-state index is 12.5. The molecule has 1 unspecified atom stereocenters. The molecule has 2 aromatic rings. The van der Waals surface area contributed by atoms with Gasteiger partial charge in [0.25, 0.3) is 5.56 Å². The quantitative estimate of drug-likeness (QED) is 0.651. The number of imidazole rings is 1. The second-order valence-electron chi connectivity index (χ2n) is 8.84. The number of aromatic amines is 2. The third kappa shape index (κ3) is 5.11. The molecule has 0 radical (unpaired) electrons. The highest BCUT2D eigenvalue weighted by molar-refractivity contribution is 5.74. The van der Waals surface area contributed by atoms with Gasteiger partial charge in [0.05, 0.1) is 0 Å². The zero-order chi connectivity index (χ0) is 22.1. The van der Waals surface area contributed by atoms with E-state index >= 15 is 0 Å². The summed E-state index contributed by atoms with van der Waals surface area (Å²) in [5.41, 5.74) is 0.0484. The topological polar surface area (TPSA) is 125 Å². The molecule has 1 atom stereocenters. The van der Waals surface area contributed by atoms with Crippen LogP contribution >= 0.6 is 0 Å². The van der Waals surface area contributed by atoms with Crippen molar-refractivity contribution < 1.29 is 9.53 Å². The molecule has 10 heteroatoms. The van der Waals surface area contributed by atoms with Gasteiger partial charge in [0, 0.05) is 25.7 Å². The minimum Gasteiger partial charge on any atom is -0.444 e. The number of nitrogens with one attached hydrogen (secondary N) is 3. The first-order chi connectivity index (χ1) is 14.0. The van der Waals surface area contributed by atoms with Crippen LogP contribution in [-0.4, -0.2) is 50.3 Å². The number of allylic oxidation sites excluding steroid dienone is 2. The van der Waals surface area contributed by atoms with Crippen LogP contribution in [0.3, 0.4) is 0 Å². The molecule has 30 heavy (non-hydrogen) atoms. The number of carbonyl (C=O) groups is 1. The van der Waals surface area contributed by atoms with E-state index in [0.717, 1.165) is 25.0 Å². The lowest BCUT2D eigenvalue weighted by Gasteiger charge is -2.34. The van der Waals surface area contributed by atoms with Gasteiger partial charge in [-0.25, -0.2) is 9.59 Å². The highest BCUT2D eigenvalue weighted by Gasteiger charge is 2.27. The molecule has 1 aliphatic rings. The lowest BCUT2D eigenvalue weighted by atomic mass is 10.1. The number of hydrogen-bond acceptors (Lipinski definition) is 6. The average Bonchev–Trinajstić information content (AvgIpc) is 2.97. The van der Waals surface area contributed by atoms with Gasteiger partial charge in [0.1, 0.15) is 5.60 Å². The van der Waals surface area contributed by atoms with Crippen molar-refractivity contribution in [3.8, 4) is 0 Å². The van der Waals surface area contributed by atoms with Crippen molar-refractivity contribution in [1.82, 2.24) is 24.8 Å². The Morgan fingerprint density at radius 3 is 2.70 bits per heavy atom. The van der Waals surface area contributed by atoms with E-state index in [-0.39, 0.29) is 11.7 Å². The Morgan fingerprint density at radius 2 is 2.03 bits per heavy atom. The number of H-pyrrole nitrogens is 2. The predicted molar refractivity (Wildman–Crippen MR) is 115 cm³/mol. The summed E-state index contributed by atoms with van der Waals surface area (Å²) < 4.78 is 7.16. The number of carbonyl (C=O) groups excluding carboxylic acids is 1. The fourth-order valence-corrected chi connectivity index (χ4v) is 3.50. The first-order valence-electron chi connectivity index (χ1n) is 10.1. The predicted octanol–water partition coefficient (Wildman–Crippen LogP) is 1.87. The van der Waals surface area contributed by atoms with E-state index < -0.39 is 22.9 Å². The molecule has 1 fully saturated rings. The van der Waals surface area contributed by atoms with Crippen molar-refractivity contribution in [2.24, 2.45) is 0 Å². The molecule has 0 spiro atoms. The fraction of sp³-hybridized carbons (Fsp3) is 0.600. The minimum atomic E-state index is -0.589. The Bertz CT molecular complexity index is 1070. The van der Waals surface area contributed by atoms with Crippen molar-refractivity contribution in [3.63, 3.8) is 0 Å². The third-order valence-corrected chi connectivity index (χ3v) is 4.73. The van der Waals surface area contributed by atoms with Crippen LogP contribution in [0.2, 0.25) is 0 Å². The molecule has 2 aromatic heterocycles. The minimum absolute atomic E-state index is 0.109. The molecule has 3 rings (SSSR count). The third-order valence-electron chi connectivity index (χ3n) is 4.73. The maximum Gasteiger partial charge on any atom is 0.407 e. The number of hydrogen-bond donors (Lipinski definition) is 3. The number of rotatable bonds is 4. The number of aromatic nitrogens is 4. The number of amides is 1. The van der Waals surface area contributed by atoms with Crippen LogP contribution in [0.25, 0.3) is 11.2 Å². The van der Waals surface area contributed by atoms with Crippen LogP contribution in [0, 0.1) is 0 Å². The molecule has 0 saturated carbocycles. The van der Waals surface area contributed by atoms with E-state index in [1.165, 1.54) is 0 Å². The number of alkyl carbamates (subject to hydrolysis) is 1. The van der Waals surface area contributed by atoms with Gasteiger partial charge in [0.2, 0.25) is 5.95 Å². The number of fused-ring (bicyclic) bond motifs is 1. The Labute approximate surface area is 174 Å². The summed E-state index contributed by atoms with van der Waals surface area (Å²) in [7, 11) is 0. The van der Waals surface area contributed by atoms with Crippen molar-refractivity contribution in [2.45, 2.75) is 65.6 Å². The molecule has 1 saturated heterocycles. The molecule has 3 N–H and O–H groups in total. The summed E-state index contributed by atoms with van der Waals surface area (Å²) >= 11 is 0. The largest absolute Gasteiger partial charge is 0.444 e. The Kier molecular flexibility index (Phi) is 6.04. The van der Waals surface area contributed by atoms with E-state index in [1.54, 1.807) is 4.57 Å².